The minimum absolute atomic E-state index is 0.124. The second kappa shape index (κ2) is 6.87. The Kier molecular flexibility index (Phi) is 5.12. The van der Waals surface area contributed by atoms with Crippen molar-refractivity contribution in [1.29, 1.82) is 0 Å². The summed E-state index contributed by atoms with van der Waals surface area (Å²) in [5.74, 6) is 0. The van der Waals surface area contributed by atoms with Gasteiger partial charge in [0.25, 0.3) is 0 Å². The summed E-state index contributed by atoms with van der Waals surface area (Å²) in [6.07, 6.45) is 0. The molecule has 0 saturated carbocycles. The predicted octanol–water partition coefficient (Wildman–Crippen LogP) is 3.20. The van der Waals surface area contributed by atoms with Gasteiger partial charge >= 0.3 is 0 Å². The molecule has 3 nitrogen and oxygen atoms in total. The minimum atomic E-state index is -3.48. The molecule has 0 aromatic heterocycles. The van der Waals surface area contributed by atoms with Gasteiger partial charge in [-0.25, -0.2) is 15.6 Å². The lowest BCUT2D eigenvalue weighted by Crippen LogP contribution is -2.50. The fourth-order valence-corrected chi connectivity index (χ4v) is 8.97. The van der Waals surface area contributed by atoms with Crippen molar-refractivity contribution in [3.8, 4) is 0 Å². The van der Waals surface area contributed by atoms with Crippen LogP contribution >= 0.6 is 7.14 Å². The maximum Gasteiger partial charge on any atom is 0.243 e. The van der Waals surface area contributed by atoms with Crippen LogP contribution in [0, 0.1) is 6.92 Å². The third-order valence-electron chi connectivity index (χ3n) is 5.26. The fraction of sp³-hybridized carbons (Fsp3) is 0.368. The molecule has 25 heavy (non-hydrogen) atoms. The third kappa shape index (κ3) is 3.30. The summed E-state index contributed by atoms with van der Waals surface area (Å²) >= 11 is 0. The highest BCUT2D eigenvalue weighted by atomic mass is 32.2. The van der Waals surface area contributed by atoms with Gasteiger partial charge in [-0.15, -0.1) is 0 Å². The number of aryl methyl sites for hydroxylation is 1. The molecule has 1 saturated heterocycles. The van der Waals surface area contributed by atoms with E-state index in [1.165, 1.54) is 5.30 Å². The summed E-state index contributed by atoms with van der Waals surface area (Å²) in [6, 6.07) is 17.3. The molecule has 1 aliphatic rings. The summed E-state index contributed by atoms with van der Waals surface area (Å²) in [5, 5.41) is 1.18. The first-order valence-corrected chi connectivity index (χ1v) is 12.0. The van der Waals surface area contributed by atoms with E-state index in [-0.39, 0.29) is 11.3 Å². The van der Waals surface area contributed by atoms with Crippen LogP contribution in [0.15, 0.2) is 59.5 Å². The summed E-state index contributed by atoms with van der Waals surface area (Å²) in [5.41, 5.74) is 1.30. The van der Waals surface area contributed by atoms with Crippen molar-refractivity contribution in [3.63, 3.8) is 0 Å². The van der Waals surface area contributed by atoms with Crippen LogP contribution in [0.3, 0.4) is 0 Å². The Labute approximate surface area is 153 Å². The number of rotatable bonds is 3. The Morgan fingerprint density at radius 1 is 0.960 bits per heavy atom. The largest absolute Gasteiger partial charge is 0.298 e. The van der Waals surface area contributed by atoms with Gasteiger partial charge in [-0.2, -0.15) is 4.31 Å². The van der Waals surface area contributed by atoms with Crippen molar-refractivity contribution >= 4 is 30.0 Å². The molecular weight excluding hydrogens is 348 g/mol. The highest BCUT2D eigenvalue weighted by molar-refractivity contribution is 8.04. The number of sulfonamides is 1. The third-order valence-corrected chi connectivity index (χ3v) is 11.5. The zero-order valence-electron chi connectivity index (χ0n) is 15.0. The van der Waals surface area contributed by atoms with Gasteiger partial charge in [-0.3, -0.25) is 7.57 Å². The van der Waals surface area contributed by atoms with Gasteiger partial charge in [0.1, 0.15) is 0 Å². The second-order valence-electron chi connectivity index (χ2n) is 7.00. The van der Waals surface area contributed by atoms with E-state index in [9.17, 15) is 8.42 Å². The standard InChI is InChI=1S/C19H24BNO2PS/c1-15-9-11-19(12-10-15)25(22,23)21-13-16(2)24(20,17(3)14-21)18-7-5-4-6-8-18/h4-12,16-17H,13-14H2,1-3H3/t16-,17-/m1/s1. The normalized spacial score (nSPS) is 24.2. The molecule has 6 heteroatoms. The van der Waals surface area contributed by atoms with Crippen LogP contribution in [0.5, 0.6) is 0 Å². The smallest absolute Gasteiger partial charge is 0.243 e. The van der Waals surface area contributed by atoms with Crippen LogP contribution in [0.1, 0.15) is 19.4 Å². The minimum Gasteiger partial charge on any atom is -0.298 e. The van der Waals surface area contributed by atoms with Crippen LogP contribution in [-0.4, -0.2) is 44.7 Å². The molecule has 0 bridgehead atoms. The number of nitrogens with zero attached hydrogens (tertiary/aromatic N) is 1. The van der Waals surface area contributed by atoms with Crippen LogP contribution < -0.4 is 5.30 Å². The average Bonchev–Trinajstić information content (AvgIpc) is 2.60. The van der Waals surface area contributed by atoms with Gasteiger partial charge in [-0.05, 0) is 45.0 Å². The van der Waals surface area contributed by atoms with E-state index in [1.807, 2.05) is 37.3 Å². The molecule has 0 spiro atoms. The first-order valence-electron chi connectivity index (χ1n) is 8.55. The average molecular weight is 372 g/mol. The van der Waals surface area contributed by atoms with E-state index in [1.54, 1.807) is 16.4 Å². The Morgan fingerprint density at radius 3 is 2.00 bits per heavy atom. The van der Waals surface area contributed by atoms with Crippen molar-refractivity contribution in [3.05, 3.63) is 60.2 Å². The summed E-state index contributed by atoms with van der Waals surface area (Å²) in [7, 11) is 1.53. The Hall–Kier alpha value is -1.16. The van der Waals surface area contributed by atoms with Crippen molar-refractivity contribution in [2.75, 3.05) is 13.1 Å². The molecule has 0 unspecified atom stereocenters. The highest BCUT2D eigenvalue weighted by Gasteiger charge is 2.43. The molecular formula is C19H24BNO2PS. The molecule has 1 heterocycles. The Morgan fingerprint density at radius 2 is 1.48 bits per heavy atom. The van der Waals surface area contributed by atoms with E-state index >= 15 is 0 Å². The molecule has 131 valence electrons. The molecule has 2 aromatic rings. The predicted molar refractivity (Wildman–Crippen MR) is 108 cm³/mol. The van der Waals surface area contributed by atoms with Crippen LogP contribution in [-0.2, 0) is 10.0 Å². The molecule has 3 radical (unpaired) electrons. The number of benzene rings is 2. The van der Waals surface area contributed by atoms with E-state index < -0.39 is 17.2 Å². The van der Waals surface area contributed by atoms with Crippen LogP contribution in [0.25, 0.3) is 0 Å². The molecule has 0 amide bonds. The maximum atomic E-state index is 13.0. The van der Waals surface area contributed by atoms with Crippen molar-refractivity contribution in [1.82, 2.24) is 4.31 Å². The number of hydrogen-bond acceptors (Lipinski definition) is 2. The second-order valence-corrected chi connectivity index (χ2v) is 12.9. The zero-order valence-corrected chi connectivity index (χ0v) is 16.7. The first-order chi connectivity index (χ1) is 11.8. The lowest BCUT2D eigenvalue weighted by molar-refractivity contribution is 0.399. The molecule has 2 aromatic carbocycles. The first kappa shape index (κ1) is 18.6. The molecule has 0 aliphatic carbocycles. The molecule has 0 N–H and O–H groups in total. The summed E-state index contributed by atoms with van der Waals surface area (Å²) < 4.78 is 27.7. The van der Waals surface area contributed by atoms with E-state index in [4.69, 9.17) is 7.57 Å². The molecule has 2 atom stereocenters. The zero-order chi connectivity index (χ0) is 18.2. The van der Waals surface area contributed by atoms with Gasteiger partial charge < -0.3 is 0 Å². The monoisotopic (exact) mass is 372 g/mol. The van der Waals surface area contributed by atoms with Crippen LogP contribution in [0.2, 0.25) is 0 Å². The van der Waals surface area contributed by atoms with Gasteiger partial charge in [0, 0.05) is 29.7 Å². The van der Waals surface area contributed by atoms with Gasteiger partial charge in [0.15, 0.2) is 0 Å². The topological polar surface area (TPSA) is 37.4 Å². The molecule has 3 rings (SSSR count). The summed E-state index contributed by atoms with van der Waals surface area (Å²) in [4.78, 5) is 0.361. The maximum absolute atomic E-state index is 13.0. The SMILES string of the molecule is [B-][P+]1(c2ccccc2)[C@H](C)CN(S(=O)(=O)c2ccc(C)cc2)C[C@H]1C. The summed E-state index contributed by atoms with van der Waals surface area (Å²) in [6.45, 7) is 7.08. The number of hydrogen-bond donors (Lipinski definition) is 0. The molecule has 1 fully saturated rings. The molecule has 1 aliphatic heterocycles. The highest BCUT2D eigenvalue weighted by Crippen LogP contribution is 2.63. The van der Waals surface area contributed by atoms with Crippen LogP contribution in [0.4, 0.5) is 0 Å². The lowest BCUT2D eigenvalue weighted by atomic mass is 10.2. The van der Waals surface area contributed by atoms with E-state index in [0.717, 1.165) is 5.56 Å². The van der Waals surface area contributed by atoms with Crippen molar-refractivity contribution in [2.24, 2.45) is 0 Å². The Balaban J connectivity index is 1.91. The van der Waals surface area contributed by atoms with Gasteiger partial charge in [0.05, 0.1) is 4.90 Å². The van der Waals surface area contributed by atoms with E-state index in [0.29, 0.717) is 18.0 Å². The van der Waals surface area contributed by atoms with Gasteiger partial charge in [-0.1, -0.05) is 35.9 Å². The van der Waals surface area contributed by atoms with Crippen molar-refractivity contribution in [2.45, 2.75) is 37.0 Å². The quantitative estimate of drug-likeness (QED) is 0.613. The Bertz CT molecular complexity index is 827. The van der Waals surface area contributed by atoms with Gasteiger partial charge in [0.2, 0.25) is 10.0 Å². The van der Waals surface area contributed by atoms with E-state index in [2.05, 4.69) is 26.0 Å². The van der Waals surface area contributed by atoms with Crippen molar-refractivity contribution < 1.29 is 8.42 Å². The fourth-order valence-electron chi connectivity index (χ4n) is 3.62. The lowest BCUT2D eigenvalue weighted by Gasteiger charge is -2.52.